The van der Waals surface area contributed by atoms with Gasteiger partial charge in [0.15, 0.2) is 0 Å². The Kier molecular flexibility index (Phi) is 4.48. The molecule has 0 radical (unpaired) electrons. The molecule has 6 heteroatoms. The molecule has 0 spiro atoms. The molecule has 0 N–H and O–H groups in total. The van der Waals surface area contributed by atoms with Crippen LogP contribution in [0.1, 0.15) is 28.2 Å². The first-order chi connectivity index (χ1) is 10.7. The lowest BCUT2D eigenvalue weighted by molar-refractivity contribution is 0.0761. The Labute approximate surface area is 129 Å². The number of carbonyl (C=O) groups excluding carboxylic acids is 1. The maximum absolute atomic E-state index is 12.5. The lowest BCUT2D eigenvalue weighted by Gasteiger charge is -2.21. The van der Waals surface area contributed by atoms with E-state index in [1.54, 1.807) is 24.5 Å². The summed E-state index contributed by atoms with van der Waals surface area (Å²) < 4.78 is 5.11. The fourth-order valence-electron chi connectivity index (χ4n) is 2.73. The Balaban J connectivity index is 1.59. The van der Waals surface area contributed by atoms with Crippen LogP contribution < -0.4 is 0 Å². The van der Waals surface area contributed by atoms with Gasteiger partial charge in [0.2, 0.25) is 0 Å². The molecular weight excluding hydrogens is 280 g/mol. The van der Waals surface area contributed by atoms with Gasteiger partial charge in [-0.15, -0.1) is 0 Å². The van der Waals surface area contributed by atoms with Crippen molar-refractivity contribution >= 4 is 5.91 Å². The third-order valence-electron chi connectivity index (χ3n) is 3.87. The van der Waals surface area contributed by atoms with E-state index in [1.165, 1.54) is 0 Å². The number of hydrogen-bond donors (Lipinski definition) is 0. The van der Waals surface area contributed by atoms with Gasteiger partial charge in [-0.1, -0.05) is 5.16 Å². The standard InChI is InChI=1S/C16H20N4O2/c1-13-11-15(18-22-13)12-19-7-2-8-20(10-9-19)16(21)14-3-5-17-6-4-14/h3-6,11H,2,7-10,12H2,1H3. The highest BCUT2D eigenvalue weighted by Crippen LogP contribution is 2.11. The quantitative estimate of drug-likeness (QED) is 0.864. The summed E-state index contributed by atoms with van der Waals surface area (Å²) in [4.78, 5) is 20.7. The van der Waals surface area contributed by atoms with Crippen molar-refractivity contribution in [1.29, 1.82) is 0 Å². The van der Waals surface area contributed by atoms with Crippen molar-refractivity contribution < 1.29 is 9.32 Å². The van der Waals surface area contributed by atoms with Crippen LogP contribution >= 0.6 is 0 Å². The largest absolute Gasteiger partial charge is 0.361 e. The van der Waals surface area contributed by atoms with Gasteiger partial charge >= 0.3 is 0 Å². The van der Waals surface area contributed by atoms with E-state index in [4.69, 9.17) is 4.52 Å². The summed E-state index contributed by atoms with van der Waals surface area (Å²) >= 11 is 0. The number of aromatic nitrogens is 2. The number of nitrogens with zero attached hydrogens (tertiary/aromatic N) is 4. The summed E-state index contributed by atoms with van der Waals surface area (Å²) in [5.41, 5.74) is 1.65. The van der Waals surface area contributed by atoms with Crippen molar-refractivity contribution in [2.45, 2.75) is 19.9 Å². The number of amides is 1. The minimum absolute atomic E-state index is 0.0848. The van der Waals surface area contributed by atoms with Crippen LogP contribution in [0.2, 0.25) is 0 Å². The molecular formula is C16H20N4O2. The van der Waals surface area contributed by atoms with Gasteiger partial charge in [-0.2, -0.15) is 0 Å². The van der Waals surface area contributed by atoms with Crippen LogP contribution in [0.4, 0.5) is 0 Å². The van der Waals surface area contributed by atoms with Crippen LogP contribution in [0.25, 0.3) is 0 Å². The van der Waals surface area contributed by atoms with Crippen LogP contribution in [0, 0.1) is 6.92 Å². The number of hydrogen-bond acceptors (Lipinski definition) is 5. The third kappa shape index (κ3) is 3.51. The third-order valence-corrected chi connectivity index (χ3v) is 3.87. The van der Waals surface area contributed by atoms with Gasteiger partial charge in [0.25, 0.3) is 5.91 Å². The number of carbonyl (C=O) groups is 1. The van der Waals surface area contributed by atoms with Crippen molar-refractivity contribution in [3.05, 3.63) is 47.6 Å². The summed E-state index contributed by atoms with van der Waals surface area (Å²) in [7, 11) is 0. The second kappa shape index (κ2) is 6.70. The number of rotatable bonds is 3. The van der Waals surface area contributed by atoms with Crippen molar-refractivity contribution in [1.82, 2.24) is 19.9 Å². The molecule has 1 amide bonds. The van der Waals surface area contributed by atoms with E-state index in [0.717, 1.165) is 50.6 Å². The molecule has 0 unspecified atom stereocenters. The van der Waals surface area contributed by atoms with E-state index in [-0.39, 0.29) is 5.91 Å². The minimum atomic E-state index is 0.0848. The molecule has 3 rings (SSSR count). The molecule has 0 aromatic carbocycles. The van der Waals surface area contributed by atoms with Gasteiger partial charge in [-0.3, -0.25) is 14.7 Å². The maximum Gasteiger partial charge on any atom is 0.254 e. The predicted molar refractivity (Wildman–Crippen MR) is 81.3 cm³/mol. The highest BCUT2D eigenvalue weighted by atomic mass is 16.5. The van der Waals surface area contributed by atoms with Crippen LogP contribution in [0.3, 0.4) is 0 Å². The van der Waals surface area contributed by atoms with Crippen molar-refractivity contribution in [2.75, 3.05) is 26.2 Å². The molecule has 1 fully saturated rings. The number of aryl methyl sites for hydroxylation is 1. The van der Waals surface area contributed by atoms with E-state index < -0.39 is 0 Å². The molecule has 0 atom stereocenters. The van der Waals surface area contributed by atoms with Crippen LogP contribution in [0.15, 0.2) is 35.1 Å². The van der Waals surface area contributed by atoms with Gasteiger partial charge in [0, 0.05) is 56.7 Å². The molecule has 3 heterocycles. The molecule has 1 saturated heterocycles. The zero-order chi connectivity index (χ0) is 15.4. The zero-order valence-electron chi connectivity index (χ0n) is 12.7. The Morgan fingerprint density at radius 2 is 2.05 bits per heavy atom. The van der Waals surface area contributed by atoms with E-state index >= 15 is 0 Å². The van der Waals surface area contributed by atoms with E-state index in [0.29, 0.717) is 5.56 Å². The minimum Gasteiger partial charge on any atom is -0.361 e. The van der Waals surface area contributed by atoms with Gasteiger partial charge in [-0.05, 0) is 25.5 Å². The average Bonchev–Trinajstić information content (AvgIpc) is 2.81. The molecule has 2 aromatic rings. The van der Waals surface area contributed by atoms with E-state index in [1.807, 2.05) is 17.9 Å². The Morgan fingerprint density at radius 3 is 2.77 bits per heavy atom. The molecule has 22 heavy (non-hydrogen) atoms. The second-order valence-electron chi connectivity index (χ2n) is 5.59. The highest BCUT2D eigenvalue weighted by molar-refractivity contribution is 5.94. The smallest absolute Gasteiger partial charge is 0.254 e. The first-order valence-electron chi connectivity index (χ1n) is 7.56. The molecule has 6 nitrogen and oxygen atoms in total. The number of pyridine rings is 1. The normalized spacial score (nSPS) is 16.5. The second-order valence-corrected chi connectivity index (χ2v) is 5.59. The summed E-state index contributed by atoms with van der Waals surface area (Å²) in [6.45, 7) is 6.00. The van der Waals surface area contributed by atoms with E-state index in [9.17, 15) is 4.79 Å². The first-order valence-corrected chi connectivity index (χ1v) is 7.56. The molecule has 0 bridgehead atoms. The van der Waals surface area contributed by atoms with E-state index in [2.05, 4.69) is 15.0 Å². The molecule has 116 valence electrons. The van der Waals surface area contributed by atoms with Crippen molar-refractivity contribution in [3.63, 3.8) is 0 Å². The molecule has 2 aromatic heterocycles. The monoisotopic (exact) mass is 300 g/mol. The summed E-state index contributed by atoms with van der Waals surface area (Å²) in [5, 5.41) is 4.04. The fraction of sp³-hybridized carbons (Fsp3) is 0.438. The SMILES string of the molecule is Cc1cc(CN2CCCN(C(=O)c3ccncc3)CC2)no1. The van der Waals surface area contributed by atoms with Gasteiger partial charge in [0.1, 0.15) is 5.76 Å². The topological polar surface area (TPSA) is 62.5 Å². The zero-order valence-corrected chi connectivity index (χ0v) is 12.7. The molecule has 1 aliphatic rings. The Bertz CT molecular complexity index is 626. The van der Waals surface area contributed by atoms with Crippen molar-refractivity contribution in [2.24, 2.45) is 0 Å². The van der Waals surface area contributed by atoms with Gasteiger partial charge < -0.3 is 9.42 Å². The van der Waals surface area contributed by atoms with Crippen molar-refractivity contribution in [3.8, 4) is 0 Å². The van der Waals surface area contributed by atoms with Crippen LogP contribution in [0.5, 0.6) is 0 Å². The summed E-state index contributed by atoms with van der Waals surface area (Å²) in [6.07, 6.45) is 4.28. The molecule has 0 aliphatic carbocycles. The summed E-state index contributed by atoms with van der Waals surface area (Å²) in [5.74, 6) is 0.917. The van der Waals surface area contributed by atoms with Gasteiger partial charge in [-0.25, -0.2) is 0 Å². The fourth-order valence-corrected chi connectivity index (χ4v) is 2.73. The Hall–Kier alpha value is -2.21. The lowest BCUT2D eigenvalue weighted by Crippen LogP contribution is -2.35. The van der Waals surface area contributed by atoms with Crippen LogP contribution in [-0.2, 0) is 6.54 Å². The highest BCUT2D eigenvalue weighted by Gasteiger charge is 2.20. The first kappa shape index (κ1) is 14.7. The summed E-state index contributed by atoms with van der Waals surface area (Å²) in [6, 6.07) is 5.50. The molecule has 0 saturated carbocycles. The lowest BCUT2D eigenvalue weighted by atomic mass is 10.2. The maximum atomic E-state index is 12.5. The molecule has 1 aliphatic heterocycles. The Morgan fingerprint density at radius 1 is 1.23 bits per heavy atom. The van der Waals surface area contributed by atoms with Gasteiger partial charge in [0.05, 0.1) is 5.69 Å². The van der Waals surface area contributed by atoms with Crippen LogP contribution in [-0.4, -0.2) is 52.0 Å². The average molecular weight is 300 g/mol. The predicted octanol–water partition coefficient (Wildman–Crippen LogP) is 1.73.